The summed E-state index contributed by atoms with van der Waals surface area (Å²) in [6, 6.07) is 10.3. The summed E-state index contributed by atoms with van der Waals surface area (Å²) >= 11 is 0. The monoisotopic (exact) mass is 244 g/mol. The zero-order valence-electron chi connectivity index (χ0n) is 11.1. The second-order valence-electron chi connectivity index (χ2n) is 5.68. The molecule has 18 heavy (non-hydrogen) atoms. The van der Waals surface area contributed by atoms with Crippen molar-refractivity contribution in [1.82, 2.24) is 10.6 Å². The van der Waals surface area contributed by atoms with Gasteiger partial charge in [0.2, 0.25) is 0 Å². The molecule has 2 nitrogen and oxygen atoms in total. The summed E-state index contributed by atoms with van der Waals surface area (Å²) in [4.78, 5) is 0. The molecule has 1 unspecified atom stereocenters. The van der Waals surface area contributed by atoms with Crippen molar-refractivity contribution in [3.8, 4) is 0 Å². The number of rotatable bonds is 4. The highest BCUT2D eigenvalue weighted by Gasteiger charge is 2.19. The van der Waals surface area contributed by atoms with Crippen LogP contribution < -0.4 is 10.6 Å². The minimum atomic E-state index is 0.559. The lowest BCUT2D eigenvalue weighted by molar-refractivity contribution is 0.434. The van der Waals surface area contributed by atoms with Crippen molar-refractivity contribution in [1.29, 1.82) is 0 Å². The highest BCUT2D eigenvalue weighted by atomic mass is 15.0. The number of hydrogen-bond donors (Lipinski definition) is 2. The van der Waals surface area contributed by atoms with Gasteiger partial charge in [0.1, 0.15) is 0 Å². The molecule has 1 aliphatic carbocycles. The predicted molar refractivity (Wildman–Crippen MR) is 75.8 cm³/mol. The van der Waals surface area contributed by atoms with E-state index in [-0.39, 0.29) is 0 Å². The molecule has 1 saturated carbocycles. The lowest BCUT2D eigenvalue weighted by atomic mass is 9.92. The van der Waals surface area contributed by atoms with E-state index in [9.17, 15) is 0 Å². The summed E-state index contributed by atoms with van der Waals surface area (Å²) in [6.45, 7) is 2.28. The summed E-state index contributed by atoms with van der Waals surface area (Å²) in [5.41, 5.74) is 3.07. The van der Waals surface area contributed by atoms with Gasteiger partial charge in [0, 0.05) is 12.1 Å². The molecule has 0 saturated heterocycles. The Bertz CT molecular complexity index is 382. The van der Waals surface area contributed by atoms with E-state index in [0.717, 1.165) is 19.1 Å². The van der Waals surface area contributed by atoms with E-state index >= 15 is 0 Å². The second-order valence-corrected chi connectivity index (χ2v) is 5.68. The van der Waals surface area contributed by atoms with Crippen LogP contribution in [-0.4, -0.2) is 19.1 Å². The van der Waals surface area contributed by atoms with Gasteiger partial charge in [0.15, 0.2) is 0 Å². The molecule has 0 aromatic heterocycles. The Morgan fingerprint density at radius 3 is 2.89 bits per heavy atom. The van der Waals surface area contributed by atoms with E-state index in [1.54, 1.807) is 5.56 Å². The Morgan fingerprint density at radius 2 is 2.00 bits per heavy atom. The average Bonchev–Trinajstić information content (AvgIpc) is 2.92. The highest BCUT2D eigenvalue weighted by molar-refractivity contribution is 5.32. The maximum Gasteiger partial charge on any atom is 0.0335 e. The molecule has 98 valence electrons. The van der Waals surface area contributed by atoms with Gasteiger partial charge < -0.3 is 10.6 Å². The van der Waals surface area contributed by atoms with Gasteiger partial charge in [-0.2, -0.15) is 0 Å². The molecule has 2 N–H and O–H groups in total. The fourth-order valence-corrected chi connectivity index (χ4v) is 3.41. The number of fused-ring (bicyclic) bond motifs is 1. The molecule has 3 rings (SSSR count). The maximum absolute atomic E-state index is 3.72. The average molecular weight is 244 g/mol. The molecule has 1 aromatic rings. The van der Waals surface area contributed by atoms with Crippen LogP contribution in [-0.2, 0) is 6.42 Å². The van der Waals surface area contributed by atoms with E-state index in [4.69, 9.17) is 0 Å². The first kappa shape index (κ1) is 12.2. The van der Waals surface area contributed by atoms with Crippen molar-refractivity contribution in [2.45, 2.75) is 50.6 Å². The Labute approximate surface area is 110 Å². The summed E-state index contributed by atoms with van der Waals surface area (Å²) in [5.74, 6) is 0. The molecule has 2 heteroatoms. The Kier molecular flexibility index (Phi) is 3.96. The van der Waals surface area contributed by atoms with Crippen molar-refractivity contribution in [3.05, 3.63) is 35.4 Å². The van der Waals surface area contributed by atoms with E-state index in [1.807, 2.05) is 0 Å². The molecule has 0 amide bonds. The Hall–Kier alpha value is -0.860. The van der Waals surface area contributed by atoms with Crippen molar-refractivity contribution < 1.29 is 0 Å². The topological polar surface area (TPSA) is 24.1 Å². The smallest absolute Gasteiger partial charge is 0.0335 e. The van der Waals surface area contributed by atoms with Gasteiger partial charge in [-0.15, -0.1) is 0 Å². The first-order valence-corrected chi connectivity index (χ1v) is 7.48. The van der Waals surface area contributed by atoms with Gasteiger partial charge in [0.25, 0.3) is 0 Å². The maximum atomic E-state index is 3.72. The zero-order valence-corrected chi connectivity index (χ0v) is 11.1. The van der Waals surface area contributed by atoms with Crippen molar-refractivity contribution in [2.24, 2.45) is 0 Å². The molecule has 2 aliphatic rings. The van der Waals surface area contributed by atoms with Gasteiger partial charge in [-0.05, 0) is 49.9 Å². The number of benzene rings is 1. The van der Waals surface area contributed by atoms with Crippen LogP contribution in [0.2, 0.25) is 0 Å². The van der Waals surface area contributed by atoms with Crippen LogP contribution >= 0.6 is 0 Å². The largest absolute Gasteiger partial charge is 0.314 e. The molecule has 1 aromatic carbocycles. The van der Waals surface area contributed by atoms with Crippen LogP contribution in [0.1, 0.15) is 49.3 Å². The highest BCUT2D eigenvalue weighted by Crippen LogP contribution is 2.25. The SMILES string of the molecule is c1ccc2c(c1)CCNC2CCNC1CCCC1. The molecule has 0 spiro atoms. The minimum Gasteiger partial charge on any atom is -0.314 e. The first-order chi connectivity index (χ1) is 8.93. The second kappa shape index (κ2) is 5.85. The van der Waals surface area contributed by atoms with E-state index < -0.39 is 0 Å². The van der Waals surface area contributed by atoms with E-state index in [2.05, 4.69) is 34.9 Å². The van der Waals surface area contributed by atoms with Crippen LogP contribution in [0.25, 0.3) is 0 Å². The van der Waals surface area contributed by atoms with Crippen molar-refractivity contribution >= 4 is 0 Å². The third-order valence-electron chi connectivity index (χ3n) is 4.44. The summed E-state index contributed by atoms with van der Waals surface area (Å²) < 4.78 is 0. The van der Waals surface area contributed by atoms with Crippen LogP contribution in [0.15, 0.2) is 24.3 Å². The Balaban J connectivity index is 1.54. The van der Waals surface area contributed by atoms with Gasteiger partial charge in [0.05, 0.1) is 0 Å². The molecule has 1 atom stereocenters. The van der Waals surface area contributed by atoms with Crippen LogP contribution in [0.4, 0.5) is 0 Å². The first-order valence-electron chi connectivity index (χ1n) is 7.48. The lowest BCUT2D eigenvalue weighted by Crippen LogP contribution is -2.34. The van der Waals surface area contributed by atoms with E-state index in [0.29, 0.717) is 6.04 Å². The summed E-state index contributed by atoms with van der Waals surface area (Å²) in [7, 11) is 0. The summed E-state index contributed by atoms with van der Waals surface area (Å²) in [5, 5.41) is 7.38. The zero-order chi connectivity index (χ0) is 12.2. The van der Waals surface area contributed by atoms with Crippen LogP contribution in [0, 0.1) is 0 Å². The van der Waals surface area contributed by atoms with Gasteiger partial charge in [-0.3, -0.25) is 0 Å². The predicted octanol–water partition coefficient (Wildman–Crippen LogP) is 2.80. The molecule has 1 heterocycles. The fraction of sp³-hybridized carbons (Fsp3) is 0.625. The number of hydrogen-bond acceptors (Lipinski definition) is 2. The molecular formula is C16H24N2. The van der Waals surface area contributed by atoms with Gasteiger partial charge in [-0.25, -0.2) is 0 Å². The minimum absolute atomic E-state index is 0.559. The van der Waals surface area contributed by atoms with E-state index in [1.165, 1.54) is 44.1 Å². The molecule has 1 aliphatic heterocycles. The van der Waals surface area contributed by atoms with Crippen LogP contribution in [0.3, 0.4) is 0 Å². The normalized spacial score (nSPS) is 24.1. The Morgan fingerprint density at radius 1 is 1.17 bits per heavy atom. The fourth-order valence-electron chi connectivity index (χ4n) is 3.41. The molecular weight excluding hydrogens is 220 g/mol. The van der Waals surface area contributed by atoms with Gasteiger partial charge in [-0.1, -0.05) is 37.1 Å². The lowest BCUT2D eigenvalue weighted by Gasteiger charge is -2.27. The third-order valence-corrected chi connectivity index (χ3v) is 4.44. The van der Waals surface area contributed by atoms with Crippen LogP contribution in [0.5, 0.6) is 0 Å². The van der Waals surface area contributed by atoms with Crippen molar-refractivity contribution in [2.75, 3.05) is 13.1 Å². The van der Waals surface area contributed by atoms with Gasteiger partial charge >= 0.3 is 0 Å². The molecule has 0 bridgehead atoms. The summed E-state index contributed by atoms with van der Waals surface area (Å²) in [6.07, 6.45) is 8.00. The third kappa shape index (κ3) is 2.76. The standard InChI is InChI=1S/C16H24N2/c1-4-8-15-13(5-1)9-11-18-16(15)10-12-17-14-6-2-3-7-14/h1,4-5,8,14,16-18H,2-3,6-7,9-12H2. The molecule has 0 radical (unpaired) electrons. The quantitative estimate of drug-likeness (QED) is 0.851. The molecule has 1 fully saturated rings. The van der Waals surface area contributed by atoms with Crippen molar-refractivity contribution in [3.63, 3.8) is 0 Å². The number of nitrogens with one attached hydrogen (secondary N) is 2.